The Morgan fingerprint density at radius 2 is 1.83 bits per heavy atom. The number of hydrogen-bond acceptors (Lipinski definition) is 6. The van der Waals surface area contributed by atoms with Crippen LogP contribution in [0.5, 0.6) is 5.75 Å². The zero-order valence-corrected chi connectivity index (χ0v) is 15.5. The number of carbonyl (C=O) groups excluding carboxylic acids is 1. The number of hydrogen-bond donors (Lipinski definition) is 1. The smallest absolute Gasteiger partial charge is 0.262 e. The van der Waals surface area contributed by atoms with E-state index in [9.17, 15) is 4.79 Å². The Labute approximate surface area is 167 Å². The van der Waals surface area contributed by atoms with E-state index in [-0.39, 0.29) is 12.5 Å². The maximum atomic E-state index is 12.1. The van der Waals surface area contributed by atoms with Crippen molar-refractivity contribution in [3.8, 4) is 28.6 Å². The van der Waals surface area contributed by atoms with E-state index in [0.29, 0.717) is 29.6 Å². The van der Waals surface area contributed by atoms with Gasteiger partial charge in [-0.25, -0.2) is 0 Å². The second-order valence-electron chi connectivity index (χ2n) is 6.21. The molecule has 0 saturated carbocycles. The van der Waals surface area contributed by atoms with Crippen LogP contribution >= 0.6 is 0 Å². The first-order valence-electron chi connectivity index (χ1n) is 9.06. The normalized spacial score (nSPS) is 10.5. The second-order valence-corrected chi connectivity index (χ2v) is 6.21. The molecule has 4 aromatic rings. The molecule has 7 nitrogen and oxygen atoms in total. The number of rotatable bonds is 7. The highest BCUT2D eigenvalue weighted by Gasteiger charge is 2.15. The first kappa shape index (κ1) is 18.4. The van der Waals surface area contributed by atoms with Crippen molar-refractivity contribution >= 4 is 5.91 Å². The van der Waals surface area contributed by atoms with Crippen LogP contribution in [0, 0.1) is 0 Å². The number of benzene rings is 2. The quantitative estimate of drug-likeness (QED) is 0.523. The number of carbonyl (C=O) groups is 1. The summed E-state index contributed by atoms with van der Waals surface area (Å²) < 4.78 is 11.1. The summed E-state index contributed by atoms with van der Waals surface area (Å²) in [6, 6.07) is 20.5. The van der Waals surface area contributed by atoms with E-state index in [1.54, 1.807) is 18.5 Å². The fourth-order valence-corrected chi connectivity index (χ4v) is 2.70. The summed E-state index contributed by atoms with van der Waals surface area (Å²) in [5.74, 6) is 1.08. The lowest BCUT2D eigenvalue weighted by molar-refractivity contribution is -0.123. The molecule has 0 saturated heterocycles. The third-order valence-corrected chi connectivity index (χ3v) is 4.15. The predicted molar refractivity (Wildman–Crippen MR) is 107 cm³/mol. The average Bonchev–Trinajstić information content (AvgIpc) is 3.28. The SMILES string of the molecule is O=C(COc1ccccc1-c1nc(-c2ccccc2)no1)NCc1cccnc1. The Balaban J connectivity index is 1.42. The van der Waals surface area contributed by atoms with Gasteiger partial charge in [-0.1, -0.05) is 53.7 Å². The van der Waals surface area contributed by atoms with Crippen LogP contribution in [0.1, 0.15) is 5.56 Å². The highest BCUT2D eigenvalue weighted by atomic mass is 16.5. The van der Waals surface area contributed by atoms with Crippen LogP contribution in [-0.2, 0) is 11.3 Å². The Bertz CT molecular complexity index is 1080. The highest BCUT2D eigenvalue weighted by molar-refractivity contribution is 5.78. The molecular weight excluding hydrogens is 368 g/mol. The maximum Gasteiger partial charge on any atom is 0.262 e. The molecule has 2 heterocycles. The molecule has 0 aliphatic heterocycles. The van der Waals surface area contributed by atoms with E-state index in [1.807, 2.05) is 60.7 Å². The van der Waals surface area contributed by atoms with Crippen molar-refractivity contribution in [2.24, 2.45) is 0 Å². The molecule has 0 fully saturated rings. The van der Waals surface area contributed by atoms with Crippen molar-refractivity contribution in [2.45, 2.75) is 6.54 Å². The van der Waals surface area contributed by atoms with Crippen LogP contribution in [0.25, 0.3) is 22.8 Å². The van der Waals surface area contributed by atoms with Gasteiger partial charge in [0.05, 0.1) is 5.56 Å². The Hall–Kier alpha value is -4.00. The standard InChI is InChI=1S/C22H18N4O3/c27-20(24-14-16-7-6-12-23-13-16)15-28-19-11-5-4-10-18(19)22-25-21(26-29-22)17-8-2-1-3-9-17/h1-13H,14-15H2,(H,24,27). The summed E-state index contributed by atoms with van der Waals surface area (Å²) >= 11 is 0. The van der Waals surface area contributed by atoms with E-state index in [4.69, 9.17) is 9.26 Å². The van der Waals surface area contributed by atoms with Gasteiger partial charge in [-0.05, 0) is 23.8 Å². The lowest BCUT2D eigenvalue weighted by atomic mass is 10.2. The molecule has 0 aliphatic carbocycles. The molecule has 29 heavy (non-hydrogen) atoms. The van der Waals surface area contributed by atoms with Crippen LogP contribution in [0.3, 0.4) is 0 Å². The number of amides is 1. The Morgan fingerprint density at radius 1 is 1.00 bits per heavy atom. The molecule has 0 spiro atoms. The molecule has 0 atom stereocenters. The van der Waals surface area contributed by atoms with Crippen molar-refractivity contribution in [3.63, 3.8) is 0 Å². The Kier molecular flexibility index (Phi) is 5.57. The van der Waals surface area contributed by atoms with E-state index in [1.165, 1.54) is 0 Å². The second kappa shape index (κ2) is 8.79. The number of ether oxygens (including phenoxy) is 1. The molecular formula is C22H18N4O3. The summed E-state index contributed by atoms with van der Waals surface area (Å²) in [6.45, 7) is 0.263. The minimum atomic E-state index is -0.237. The molecule has 4 rings (SSSR count). The molecule has 7 heteroatoms. The number of nitrogens with one attached hydrogen (secondary N) is 1. The van der Waals surface area contributed by atoms with Crippen LogP contribution in [-0.4, -0.2) is 27.6 Å². The summed E-state index contributed by atoms with van der Waals surface area (Å²) in [7, 11) is 0. The van der Waals surface area contributed by atoms with Gasteiger partial charge in [0.15, 0.2) is 6.61 Å². The highest BCUT2D eigenvalue weighted by Crippen LogP contribution is 2.30. The molecule has 0 bridgehead atoms. The van der Waals surface area contributed by atoms with Gasteiger partial charge in [-0.3, -0.25) is 9.78 Å². The van der Waals surface area contributed by atoms with Gasteiger partial charge in [0.2, 0.25) is 5.82 Å². The minimum Gasteiger partial charge on any atom is -0.483 e. The molecule has 0 aliphatic rings. The van der Waals surface area contributed by atoms with Gasteiger partial charge in [0.25, 0.3) is 11.8 Å². The van der Waals surface area contributed by atoms with Crippen LogP contribution in [0.2, 0.25) is 0 Å². The zero-order valence-electron chi connectivity index (χ0n) is 15.5. The molecule has 2 aromatic carbocycles. The molecule has 1 N–H and O–H groups in total. The van der Waals surface area contributed by atoms with Crippen molar-refractivity contribution in [1.29, 1.82) is 0 Å². The topological polar surface area (TPSA) is 90.1 Å². The van der Waals surface area contributed by atoms with Crippen LogP contribution in [0.15, 0.2) is 83.6 Å². The van der Waals surface area contributed by atoms with Gasteiger partial charge < -0.3 is 14.6 Å². The first-order valence-corrected chi connectivity index (χ1v) is 9.06. The molecule has 0 unspecified atom stereocenters. The van der Waals surface area contributed by atoms with Gasteiger partial charge in [-0.2, -0.15) is 4.98 Å². The van der Waals surface area contributed by atoms with Gasteiger partial charge >= 0.3 is 0 Å². The van der Waals surface area contributed by atoms with Crippen molar-refractivity contribution in [1.82, 2.24) is 20.4 Å². The minimum absolute atomic E-state index is 0.128. The number of pyridine rings is 1. The fourth-order valence-electron chi connectivity index (χ4n) is 2.70. The van der Waals surface area contributed by atoms with E-state index in [0.717, 1.165) is 11.1 Å². The van der Waals surface area contributed by atoms with Crippen molar-refractivity contribution in [2.75, 3.05) is 6.61 Å². The number of aromatic nitrogens is 3. The van der Waals surface area contributed by atoms with Gasteiger partial charge in [0.1, 0.15) is 5.75 Å². The Morgan fingerprint density at radius 3 is 2.66 bits per heavy atom. The zero-order chi connectivity index (χ0) is 19.9. The maximum absolute atomic E-state index is 12.1. The predicted octanol–water partition coefficient (Wildman–Crippen LogP) is 3.49. The lowest BCUT2D eigenvalue weighted by Gasteiger charge is -2.09. The number of para-hydroxylation sites is 1. The van der Waals surface area contributed by atoms with E-state index < -0.39 is 0 Å². The lowest BCUT2D eigenvalue weighted by Crippen LogP contribution is -2.28. The molecule has 144 valence electrons. The molecule has 0 radical (unpaired) electrons. The third-order valence-electron chi connectivity index (χ3n) is 4.15. The summed E-state index contributed by atoms with van der Waals surface area (Å²) in [5.41, 5.74) is 2.40. The summed E-state index contributed by atoms with van der Waals surface area (Å²) in [4.78, 5) is 20.6. The largest absolute Gasteiger partial charge is 0.483 e. The van der Waals surface area contributed by atoms with Gasteiger partial charge in [-0.15, -0.1) is 0 Å². The van der Waals surface area contributed by atoms with Crippen LogP contribution in [0.4, 0.5) is 0 Å². The van der Waals surface area contributed by atoms with Crippen molar-refractivity contribution in [3.05, 3.63) is 84.7 Å². The molecule has 1 amide bonds. The van der Waals surface area contributed by atoms with Crippen molar-refractivity contribution < 1.29 is 14.1 Å². The monoisotopic (exact) mass is 386 g/mol. The first-order chi connectivity index (χ1) is 14.3. The fraction of sp³-hybridized carbons (Fsp3) is 0.0909. The van der Waals surface area contributed by atoms with E-state index in [2.05, 4.69) is 20.4 Å². The average molecular weight is 386 g/mol. The summed E-state index contributed by atoms with van der Waals surface area (Å²) in [5, 5.41) is 6.83. The number of nitrogens with zero attached hydrogens (tertiary/aromatic N) is 3. The summed E-state index contributed by atoms with van der Waals surface area (Å²) in [6.07, 6.45) is 3.39. The molecule has 2 aromatic heterocycles. The van der Waals surface area contributed by atoms with Gasteiger partial charge in [0, 0.05) is 24.5 Å². The van der Waals surface area contributed by atoms with Crippen LogP contribution < -0.4 is 10.1 Å². The van der Waals surface area contributed by atoms with E-state index >= 15 is 0 Å². The third kappa shape index (κ3) is 4.65.